The molecule has 19 heavy (non-hydrogen) atoms. The molecule has 106 valence electrons. The Bertz CT molecular complexity index is 433. The molecule has 6 nitrogen and oxygen atoms in total. The molecule has 0 aromatic carbocycles. The fourth-order valence-electron chi connectivity index (χ4n) is 1.95. The van der Waals surface area contributed by atoms with E-state index in [1.807, 2.05) is 13.8 Å². The van der Waals surface area contributed by atoms with Gasteiger partial charge in [0.1, 0.15) is 0 Å². The zero-order valence-corrected chi connectivity index (χ0v) is 12.0. The topological polar surface area (TPSA) is 71.3 Å². The third kappa shape index (κ3) is 4.48. The van der Waals surface area contributed by atoms with Crippen molar-refractivity contribution in [3.8, 4) is 0 Å². The minimum absolute atomic E-state index is 0.0250. The molecule has 0 fully saturated rings. The van der Waals surface area contributed by atoms with Crippen LogP contribution in [0.25, 0.3) is 0 Å². The molecule has 0 radical (unpaired) electrons. The number of rotatable bonds is 7. The van der Waals surface area contributed by atoms with Crippen LogP contribution < -0.4 is 5.32 Å². The van der Waals surface area contributed by atoms with E-state index in [1.165, 1.54) is 6.07 Å². The highest BCUT2D eigenvalue weighted by molar-refractivity contribution is 5.56. The van der Waals surface area contributed by atoms with Crippen LogP contribution in [0, 0.1) is 17.0 Å². The SMILES string of the molecule is CCN(CC)CC(C)Nc1nc(C)ccc1[N+](=O)[O-]. The molecule has 1 atom stereocenters. The van der Waals surface area contributed by atoms with Gasteiger partial charge in [0.15, 0.2) is 0 Å². The number of hydrogen-bond acceptors (Lipinski definition) is 5. The third-order valence-corrected chi connectivity index (χ3v) is 3.02. The first kappa shape index (κ1) is 15.4. The molecule has 1 rings (SSSR count). The van der Waals surface area contributed by atoms with E-state index in [-0.39, 0.29) is 11.7 Å². The maximum Gasteiger partial charge on any atom is 0.311 e. The molecule has 0 aliphatic heterocycles. The Labute approximate surface area is 114 Å². The zero-order valence-electron chi connectivity index (χ0n) is 12.0. The average Bonchev–Trinajstić information content (AvgIpc) is 2.35. The van der Waals surface area contributed by atoms with E-state index in [2.05, 4.69) is 29.0 Å². The normalized spacial score (nSPS) is 12.5. The number of likely N-dealkylation sites (N-methyl/N-ethyl adjacent to an activating group) is 1. The minimum atomic E-state index is -0.404. The van der Waals surface area contributed by atoms with Crippen LogP contribution in [0.15, 0.2) is 12.1 Å². The van der Waals surface area contributed by atoms with Gasteiger partial charge in [-0.1, -0.05) is 13.8 Å². The first-order chi connectivity index (χ1) is 8.97. The molecule has 1 N–H and O–H groups in total. The van der Waals surface area contributed by atoms with Crippen molar-refractivity contribution in [2.24, 2.45) is 0 Å². The van der Waals surface area contributed by atoms with Crippen molar-refractivity contribution in [2.45, 2.75) is 33.7 Å². The first-order valence-electron chi connectivity index (χ1n) is 6.58. The maximum absolute atomic E-state index is 11.0. The van der Waals surface area contributed by atoms with E-state index in [1.54, 1.807) is 6.07 Å². The highest BCUT2D eigenvalue weighted by atomic mass is 16.6. The van der Waals surface area contributed by atoms with Crippen molar-refractivity contribution in [2.75, 3.05) is 25.0 Å². The summed E-state index contributed by atoms with van der Waals surface area (Å²) in [6.07, 6.45) is 0. The molecule has 1 aromatic rings. The van der Waals surface area contributed by atoms with Gasteiger partial charge in [0.2, 0.25) is 5.82 Å². The van der Waals surface area contributed by atoms with Crippen molar-refractivity contribution in [3.63, 3.8) is 0 Å². The van der Waals surface area contributed by atoms with Gasteiger partial charge < -0.3 is 10.2 Å². The Morgan fingerprint density at radius 2 is 2.05 bits per heavy atom. The molecule has 0 saturated heterocycles. The lowest BCUT2D eigenvalue weighted by molar-refractivity contribution is -0.384. The summed E-state index contributed by atoms with van der Waals surface area (Å²) in [5, 5.41) is 14.1. The number of nitro groups is 1. The number of aromatic nitrogens is 1. The van der Waals surface area contributed by atoms with Crippen molar-refractivity contribution in [3.05, 3.63) is 27.9 Å². The van der Waals surface area contributed by atoms with Gasteiger partial charge in [-0.3, -0.25) is 10.1 Å². The van der Waals surface area contributed by atoms with E-state index in [0.717, 1.165) is 25.3 Å². The Balaban J connectivity index is 2.80. The van der Waals surface area contributed by atoms with Crippen LogP contribution in [0.1, 0.15) is 26.5 Å². The summed E-state index contributed by atoms with van der Waals surface area (Å²) >= 11 is 0. The molecule has 1 aromatic heterocycles. The van der Waals surface area contributed by atoms with Gasteiger partial charge >= 0.3 is 5.69 Å². The Kier molecular flexibility index (Phi) is 5.69. The lowest BCUT2D eigenvalue weighted by atomic mass is 10.2. The fraction of sp³-hybridized carbons (Fsp3) is 0.615. The maximum atomic E-state index is 11.0. The predicted molar refractivity (Wildman–Crippen MR) is 76.5 cm³/mol. The van der Waals surface area contributed by atoms with E-state index < -0.39 is 4.92 Å². The number of aryl methyl sites for hydroxylation is 1. The van der Waals surface area contributed by atoms with Crippen LogP contribution in [0.5, 0.6) is 0 Å². The van der Waals surface area contributed by atoms with E-state index >= 15 is 0 Å². The highest BCUT2D eigenvalue weighted by Gasteiger charge is 2.17. The van der Waals surface area contributed by atoms with Gasteiger partial charge in [0.25, 0.3) is 0 Å². The van der Waals surface area contributed by atoms with Crippen LogP contribution in [-0.4, -0.2) is 40.5 Å². The molecule has 1 heterocycles. The van der Waals surface area contributed by atoms with Crippen molar-refractivity contribution >= 4 is 11.5 Å². The number of hydrogen-bond donors (Lipinski definition) is 1. The molecule has 6 heteroatoms. The average molecular weight is 266 g/mol. The summed E-state index contributed by atoms with van der Waals surface area (Å²) in [5.74, 6) is 0.352. The van der Waals surface area contributed by atoms with Gasteiger partial charge in [0.05, 0.1) is 4.92 Å². The lowest BCUT2D eigenvalue weighted by Gasteiger charge is -2.23. The van der Waals surface area contributed by atoms with Crippen LogP contribution in [0.2, 0.25) is 0 Å². The van der Waals surface area contributed by atoms with Gasteiger partial charge in [-0.25, -0.2) is 4.98 Å². The Hall–Kier alpha value is -1.69. The first-order valence-corrected chi connectivity index (χ1v) is 6.58. The van der Waals surface area contributed by atoms with Crippen LogP contribution in [-0.2, 0) is 0 Å². The summed E-state index contributed by atoms with van der Waals surface area (Å²) in [5.41, 5.74) is 0.792. The summed E-state index contributed by atoms with van der Waals surface area (Å²) in [7, 11) is 0. The van der Waals surface area contributed by atoms with E-state index in [4.69, 9.17) is 0 Å². The second kappa shape index (κ2) is 7.04. The molecule has 0 aliphatic rings. The molecule has 0 amide bonds. The fourth-order valence-corrected chi connectivity index (χ4v) is 1.95. The summed E-state index contributed by atoms with van der Waals surface area (Å²) < 4.78 is 0. The van der Waals surface area contributed by atoms with Crippen molar-refractivity contribution < 1.29 is 4.92 Å². The monoisotopic (exact) mass is 266 g/mol. The lowest BCUT2D eigenvalue weighted by Crippen LogP contribution is -2.35. The largest absolute Gasteiger partial charge is 0.361 e. The minimum Gasteiger partial charge on any atom is -0.361 e. The molecule has 0 saturated carbocycles. The summed E-state index contributed by atoms with van der Waals surface area (Å²) in [6, 6.07) is 3.25. The van der Waals surface area contributed by atoms with Gasteiger partial charge in [-0.05, 0) is 33.0 Å². The highest BCUT2D eigenvalue weighted by Crippen LogP contribution is 2.22. The van der Waals surface area contributed by atoms with Crippen molar-refractivity contribution in [1.29, 1.82) is 0 Å². The van der Waals surface area contributed by atoms with E-state index in [9.17, 15) is 10.1 Å². The molecular weight excluding hydrogens is 244 g/mol. The van der Waals surface area contributed by atoms with Crippen LogP contribution >= 0.6 is 0 Å². The predicted octanol–water partition coefficient (Wildman–Crippen LogP) is 2.44. The molecule has 0 spiro atoms. The Morgan fingerprint density at radius 1 is 1.42 bits per heavy atom. The van der Waals surface area contributed by atoms with Crippen LogP contribution in [0.3, 0.4) is 0 Å². The molecular formula is C13H22N4O2. The molecule has 0 bridgehead atoms. The third-order valence-electron chi connectivity index (χ3n) is 3.02. The molecule has 0 aliphatic carbocycles. The number of nitrogens with zero attached hydrogens (tertiary/aromatic N) is 3. The molecule has 1 unspecified atom stereocenters. The summed E-state index contributed by atoms with van der Waals surface area (Å²) in [4.78, 5) is 17.0. The van der Waals surface area contributed by atoms with Gasteiger partial charge in [0, 0.05) is 24.3 Å². The van der Waals surface area contributed by atoms with Crippen molar-refractivity contribution in [1.82, 2.24) is 9.88 Å². The van der Waals surface area contributed by atoms with Gasteiger partial charge in [-0.15, -0.1) is 0 Å². The zero-order chi connectivity index (χ0) is 14.4. The van der Waals surface area contributed by atoms with E-state index in [0.29, 0.717) is 5.82 Å². The Morgan fingerprint density at radius 3 is 2.58 bits per heavy atom. The summed E-state index contributed by atoms with van der Waals surface area (Å²) in [6.45, 7) is 10.8. The van der Waals surface area contributed by atoms with Crippen LogP contribution in [0.4, 0.5) is 11.5 Å². The van der Waals surface area contributed by atoms with Gasteiger partial charge in [-0.2, -0.15) is 0 Å². The standard InChI is InChI=1S/C13H22N4O2/c1-5-16(6-2)9-11(4)15-13-12(17(18)19)8-7-10(3)14-13/h7-8,11H,5-6,9H2,1-4H3,(H,14,15). The quantitative estimate of drug-likeness (QED) is 0.606. The second-order valence-electron chi connectivity index (χ2n) is 4.61. The number of anilines is 1. The second-order valence-corrected chi connectivity index (χ2v) is 4.61. The smallest absolute Gasteiger partial charge is 0.311 e. The number of nitrogens with one attached hydrogen (secondary N) is 1. The number of pyridine rings is 1.